The lowest BCUT2D eigenvalue weighted by molar-refractivity contribution is 0.0700. The van der Waals surface area contributed by atoms with Gasteiger partial charge in [0.25, 0.3) is 5.91 Å². The van der Waals surface area contributed by atoms with Crippen LogP contribution >= 0.6 is 0 Å². The second kappa shape index (κ2) is 10.4. The monoisotopic (exact) mass is 596 g/mol. The minimum Gasteiger partial charge on any atom is -0.396 e. The number of piperidine rings is 1. The van der Waals surface area contributed by atoms with Gasteiger partial charge in [0.2, 0.25) is 0 Å². The van der Waals surface area contributed by atoms with E-state index >= 15 is 4.39 Å². The summed E-state index contributed by atoms with van der Waals surface area (Å²) in [6.07, 6.45) is 6.44. The summed E-state index contributed by atoms with van der Waals surface area (Å²) < 4.78 is 22.3. The Hall–Kier alpha value is -4.22. The van der Waals surface area contributed by atoms with Gasteiger partial charge in [0, 0.05) is 74.1 Å². The Balaban J connectivity index is 1.27. The standard InChI is InChI=1S/C33H37FN8O2/c1-2-39-17-20(16-36-39)18-42-31-24(34)13-23(33(44)41-19-22-7-8-26(41)29(22)35)14-25(31)37-32(42)28-15-21-5-3-6-27-30(21)40(28)11-10-38(27)9-4-12-43/h3,5-6,13-17,22,26,29,43H,2,4,7-12,18-19,35H2,1H3/t22-,26-,29-/m1/s1. The molecule has 3 aliphatic rings. The van der Waals surface area contributed by atoms with Gasteiger partial charge in [-0.25, -0.2) is 9.37 Å². The molecule has 1 saturated heterocycles. The number of carbonyl (C=O) groups is 1. The maximum Gasteiger partial charge on any atom is 0.254 e. The van der Waals surface area contributed by atoms with Crippen LogP contribution in [0.25, 0.3) is 33.5 Å². The summed E-state index contributed by atoms with van der Waals surface area (Å²) in [5.41, 5.74) is 11.6. The number of likely N-dealkylation sites (tertiary alicyclic amines) is 1. The molecule has 8 rings (SSSR count). The highest BCUT2D eigenvalue weighted by molar-refractivity contribution is 6.00. The molecule has 11 heteroatoms. The van der Waals surface area contributed by atoms with Gasteiger partial charge in [-0.05, 0) is 56.4 Å². The van der Waals surface area contributed by atoms with Gasteiger partial charge in [-0.2, -0.15) is 5.10 Å². The number of amides is 1. The number of halogens is 1. The third-order valence-electron chi connectivity index (χ3n) is 9.96. The van der Waals surface area contributed by atoms with Crippen LogP contribution in [-0.2, 0) is 19.6 Å². The number of aryl methyl sites for hydroxylation is 1. The maximum absolute atomic E-state index is 16.2. The number of carbonyl (C=O) groups excluding carboxylic acids is 1. The highest BCUT2D eigenvalue weighted by Crippen LogP contribution is 2.40. The van der Waals surface area contributed by atoms with Gasteiger partial charge in [-0.3, -0.25) is 9.48 Å². The van der Waals surface area contributed by atoms with Crippen LogP contribution in [0.15, 0.2) is 48.8 Å². The minimum atomic E-state index is -0.466. The van der Waals surface area contributed by atoms with Crippen molar-refractivity contribution in [2.75, 3.05) is 31.1 Å². The summed E-state index contributed by atoms with van der Waals surface area (Å²) in [7, 11) is 0. The van der Waals surface area contributed by atoms with Gasteiger partial charge in [-0.1, -0.05) is 12.1 Å². The van der Waals surface area contributed by atoms with Crippen LogP contribution in [0.4, 0.5) is 10.1 Å². The lowest BCUT2D eigenvalue weighted by atomic mass is 10.1. The molecule has 2 aromatic carbocycles. The molecule has 1 aliphatic carbocycles. The number of anilines is 1. The zero-order chi connectivity index (χ0) is 30.1. The second-order valence-electron chi connectivity index (χ2n) is 12.5. The molecule has 3 N–H and O–H groups in total. The van der Waals surface area contributed by atoms with Crippen LogP contribution < -0.4 is 10.6 Å². The summed E-state index contributed by atoms with van der Waals surface area (Å²) in [6.45, 7) is 6.25. The average Bonchev–Trinajstić information content (AvgIpc) is 3.86. The number of hydrogen-bond acceptors (Lipinski definition) is 6. The van der Waals surface area contributed by atoms with E-state index in [1.807, 2.05) is 33.5 Å². The lowest BCUT2D eigenvalue weighted by Gasteiger charge is -2.31. The predicted molar refractivity (Wildman–Crippen MR) is 167 cm³/mol. The number of hydrogen-bond donors (Lipinski definition) is 2. The number of aliphatic hydroxyl groups excluding tert-OH is 1. The molecule has 0 radical (unpaired) electrons. The van der Waals surface area contributed by atoms with Crippen LogP contribution in [0, 0.1) is 11.7 Å². The zero-order valence-electron chi connectivity index (χ0n) is 24.9. The number of aliphatic hydroxyl groups is 1. The van der Waals surface area contributed by atoms with Crippen LogP contribution in [0.3, 0.4) is 0 Å². The molecule has 228 valence electrons. The molecule has 3 aromatic heterocycles. The van der Waals surface area contributed by atoms with E-state index < -0.39 is 5.82 Å². The Kier molecular flexibility index (Phi) is 6.49. The fourth-order valence-corrected chi connectivity index (χ4v) is 7.79. The normalized spacial score (nSPS) is 21.0. The summed E-state index contributed by atoms with van der Waals surface area (Å²) in [5.74, 6) is 0.329. The Bertz CT molecular complexity index is 1910. The van der Waals surface area contributed by atoms with E-state index in [1.54, 1.807) is 6.07 Å². The predicted octanol–water partition coefficient (Wildman–Crippen LogP) is 3.83. The second-order valence-corrected chi connectivity index (χ2v) is 12.5. The van der Waals surface area contributed by atoms with Crippen LogP contribution in [0.1, 0.15) is 42.1 Å². The smallest absolute Gasteiger partial charge is 0.254 e. The van der Waals surface area contributed by atoms with Gasteiger partial charge >= 0.3 is 0 Å². The van der Waals surface area contributed by atoms with Crippen LogP contribution in [-0.4, -0.2) is 78.1 Å². The SMILES string of the molecule is CCn1cc(Cn2c(-c3cc4cccc5c4n3CCN5CCCO)nc3cc(C(=O)N4C[C@H]5CC[C@@H]4[C@@H]5N)cc(F)c32)cn1. The Morgan fingerprint density at radius 3 is 2.80 bits per heavy atom. The van der Waals surface area contributed by atoms with E-state index in [2.05, 4.69) is 38.8 Å². The van der Waals surface area contributed by atoms with E-state index in [0.717, 1.165) is 66.9 Å². The largest absolute Gasteiger partial charge is 0.396 e. The van der Waals surface area contributed by atoms with Crippen molar-refractivity contribution in [1.29, 1.82) is 0 Å². The van der Waals surface area contributed by atoms with E-state index in [1.165, 1.54) is 6.07 Å². The molecule has 5 heterocycles. The molecule has 2 bridgehead atoms. The highest BCUT2D eigenvalue weighted by Gasteiger charge is 2.47. The van der Waals surface area contributed by atoms with Gasteiger partial charge < -0.3 is 29.8 Å². The number of aromatic nitrogens is 5. The van der Waals surface area contributed by atoms with E-state index in [0.29, 0.717) is 47.8 Å². The quantitative estimate of drug-likeness (QED) is 0.282. The van der Waals surface area contributed by atoms with Gasteiger partial charge in [0.1, 0.15) is 11.3 Å². The highest BCUT2D eigenvalue weighted by atomic mass is 19.1. The number of nitrogens with two attached hydrogens (primary N) is 1. The lowest BCUT2D eigenvalue weighted by Crippen LogP contribution is -2.41. The van der Waals surface area contributed by atoms with E-state index in [9.17, 15) is 9.90 Å². The summed E-state index contributed by atoms with van der Waals surface area (Å²) in [4.78, 5) is 22.9. The van der Waals surface area contributed by atoms with Gasteiger partial charge in [0.05, 0.1) is 35.2 Å². The number of imidazole rings is 1. The molecule has 3 atom stereocenters. The first-order chi connectivity index (χ1) is 21.4. The van der Waals surface area contributed by atoms with E-state index in [-0.39, 0.29) is 24.6 Å². The van der Waals surface area contributed by atoms with Crippen molar-refractivity contribution in [2.24, 2.45) is 11.7 Å². The molecular formula is C33H37FN8O2. The van der Waals surface area contributed by atoms with Crippen molar-refractivity contribution < 1.29 is 14.3 Å². The molecule has 10 nitrogen and oxygen atoms in total. The van der Waals surface area contributed by atoms with Crippen molar-refractivity contribution in [3.63, 3.8) is 0 Å². The van der Waals surface area contributed by atoms with Crippen molar-refractivity contribution in [2.45, 2.75) is 57.9 Å². The topological polar surface area (TPSA) is 110 Å². The third-order valence-corrected chi connectivity index (χ3v) is 9.96. The molecule has 5 aromatic rings. The Morgan fingerprint density at radius 1 is 1.16 bits per heavy atom. The third kappa shape index (κ3) is 4.16. The van der Waals surface area contributed by atoms with Crippen LogP contribution in [0.5, 0.6) is 0 Å². The Morgan fingerprint density at radius 2 is 2.05 bits per heavy atom. The zero-order valence-corrected chi connectivity index (χ0v) is 24.9. The molecule has 2 aliphatic heterocycles. The van der Waals surface area contributed by atoms with Crippen molar-refractivity contribution in [3.05, 3.63) is 65.7 Å². The van der Waals surface area contributed by atoms with Crippen molar-refractivity contribution in [1.82, 2.24) is 28.8 Å². The summed E-state index contributed by atoms with van der Waals surface area (Å²) in [5, 5.41) is 15.0. The number of para-hydroxylation sites is 1. The van der Waals surface area contributed by atoms with Crippen LogP contribution in [0.2, 0.25) is 0 Å². The molecular weight excluding hydrogens is 559 g/mol. The van der Waals surface area contributed by atoms with Gasteiger partial charge in [-0.15, -0.1) is 0 Å². The summed E-state index contributed by atoms with van der Waals surface area (Å²) in [6, 6.07) is 11.5. The Labute approximate surface area is 254 Å². The molecule has 2 fully saturated rings. The first kappa shape index (κ1) is 27.3. The maximum atomic E-state index is 16.2. The molecule has 44 heavy (non-hydrogen) atoms. The number of benzene rings is 2. The fraction of sp³-hybridized carbons (Fsp3) is 0.424. The van der Waals surface area contributed by atoms with Gasteiger partial charge in [0.15, 0.2) is 5.82 Å². The average molecular weight is 597 g/mol. The minimum absolute atomic E-state index is 0.00712. The van der Waals surface area contributed by atoms with Crippen molar-refractivity contribution >= 4 is 33.5 Å². The fourth-order valence-electron chi connectivity index (χ4n) is 7.79. The molecule has 0 spiro atoms. The first-order valence-corrected chi connectivity index (χ1v) is 15.7. The first-order valence-electron chi connectivity index (χ1n) is 15.7. The molecule has 1 saturated carbocycles. The molecule has 0 unspecified atom stereocenters. The number of fused-ring (bicyclic) bond motifs is 3. The summed E-state index contributed by atoms with van der Waals surface area (Å²) >= 11 is 0. The molecule has 1 amide bonds. The number of nitrogens with zero attached hydrogens (tertiary/aromatic N) is 7. The van der Waals surface area contributed by atoms with Crippen molar-refractivity contribution in [3.8, 4) is 11.5 Å². The number of rotatable bonds is 8. The van der Waals surface area contributed by atoms with E-state index in [4.69, 9.17) is 10.7 Å².